The summed E-state index contributed by atoms with van der Waals surface area (Å²) in [5, 5.41) is 9.72. The zero-order valence-electron chi connectivity index (χ0n) is 19.2. The summed E-state index contributed by atoms with van der Waals surface area (Å²) in [6, 6.07) is 25.9. The third kappa shape index (κ3) is 5.53. The maximum atomic E-state index is 12.6. The van der Waals surface area contributed by atoms with Crippen molar-refractivity contribution in [3.05, 3.63) is 112 Å². The highest BCUT2D eigenvalue weighted by Crippen LogP contribution is 2.20. The summed E-state index contributed by atoms with van der Waals surface area (Å²) in [5.41, 5.74) is 2.45. The van der Waals surface area contributed by atoms with Gasteiger partial charge in [-0.25, -0.2) is 4.79 Å². The van der Waals surface area contributed by atoms with Crippen LogP contribution < -0.4 is 10.2 Å². The minimum Gasteiger partial charge on any atom is -0.492 e. The number of hydrogen-bond donors (Lipinski definition) is 1. The molecule has 0 aliphatic heterocycles. The lowest BCUT2D eigenvalue weighted by atomic mass is 10.1. The normalized spacial score (nSPS) is 11.1. The van der Waals surface area contributed by atoms with Crippen LogP contribution in [0.4, 0.5) is 0 Å². The van der Waals surface area contributed by atoms with E-state index >= 15 is 0 Å². The monoisotopic (exact) mass is 456 g/mol. The Labute approximate surface area is 198 Å². The minimum atomic E-state index is -1.22. The second-order valence-electron chi connectivity index (χ2n) is 8.17. The molecule has 0 atom stereocenters. The standard InChI is InChI=1S/C28H28N2O4/c1-2-30-20-25(28(32)33)27(31)24-14-13-23(17-26(24)30)34-16-15-29(18-21-9-5-3-6-10-21)19-22-11-7-4-8-12-22/h3-14,17,20H,2,15-16,18-19H2,1H3,(H,32,33). The SMILES string of the molecule is CCn1cc(C(=O)O)c(=O)c2ccc(OCCN(Cc3ccccc3)Cc3ccccc3)cc21. The molecule has 4 rings (SSSR count). The molecule has 1 heterocycles. The van der Waals surface area contributed by atoms with Gasteiger partial charge in [0.15, 0.2) is 0 Å². The third-order valence-corrected chi connectivity index (χ3v) is 5.80. The van der Waals surface area contributed by atoms with Crippen LogP contribution in [0.15, 0.2) is 89.9 Å². The second kappa shape index (κ2) is 10.8. The van der Waals surface area contributed by atoms with E-state index in [1.807, 2.05) is 49.4 Å². The van der Waals surface area contributed by atoms with Gasteiger partial charge >= 0.3 is 5.97 Å². The Morgan fingerprint density at radius 2 is 1.56 bits per heavy atom. The molecule has 0 aliphatic carbocycles. The first kappa shape index (κ1) is 23.3. The summed E-state index contributed by atoms with van der Waals surface area (Å²) in [4.78, 5) is 26.3. The molecule has 0 saturated heterocycles. The van der Waals surface area contributed by atoms with Gasteiger partial charge in [-0.2, -0.15) is 0 Å². The zero-order valence-corrected chi connectivity index (χ0v) is 19.2. The molecule has 0 radical (unpaired) electrons. The molecule has 0 saturated carbocycles. The van der Waals surface area contributed by atoms with Crippen LogP contribution in [-0.4, -0.2) is 33.7 Å². The van der Waals surface area contributed by atoms with Gasteiger partial charge in [-0.15, -0.1) is 0 Å². The van der Waals surface area contributed by atoms with Gasteiger partial charge in [-0.3, -0.25) is 9.69 Å². The Kier molecular flexibility index (Phi) is 7.40. The maximum absolute atomic E-state index is 12.6. The average molecular weight is 457 g/mol. The summed E-state index contributed by atoms with van der Waals surface area (Å²) in [5.74, 6) is -0.567. The van der Waals surface area contributed by atoms with Gasteiger partial charge < -0.3 is 14.4 Å². The first-order chi connectivity index (χ1) is 16.5. The van der Waals surface area contributed by atoms with E-state index in [4.69, 9.17) is 4.74 Å². The molecular weight excluding hydrogens is 428 g/mol. The Bertz CT molecular complexity index is 1280. The molecule has 1 N–H and O–H groups in total. The van der Waals surface area contributed by atoms with Gasteiger partial charge in [0.2, 0.25) is 5.43 Å². The number of pyridine rings is 1. The number of ether oxygens (including phenoxy) is 1. The molecule has 174 valence electrons. The van der Waals surface area contributed by atoms with Gasteiger partial charge in [0.05, 0.1) is 5.52 Å². The van der Waals surface area contributed by atoms with Crippen molar-refractivity contribution in [2.45, 2.75) is 26.6 Å². The van der Waals surface area contributed by atoms with E-state index < -0.39 is 11.4 Å². The van der Waals surface area contributed by atoms with Crippen LogP contribution in [0.5, 0.6) is 5.75 Å². The van der Waals surface area contributed by atoms with Crippen molar-refractivity contribution in [3.63, 3.8) is 0 Å². The van der Waals surface area contributed by atoms with Gasteiger partial charge in [-0.05, 0) is 30.2 Å². The van der Waals surface area contributed by atoms with Gasteiger partial charge in [0.25, 0.3) is 0 Å². The maximum Gasteiger partial charge on any atom is 0.341 e. The highest BCUT2D eigenvalue weighted by molar-refractivity contribution is 5.92. The molecule has 0 unspecified atom stereocenters. The first-order valence-corrected chi connectivity index (χ1v) is 11.4. The van der Waals surface area contributed by atoms with Crippen LogP contribution in [0.25, 0.3) is 10.9 Å². The lowest BCUT2D eigenvalue weighted by molar-refractivity contribution is 0.0695. The molecule has 3 aromatic carbocycles. The van der Waals surface area contributed by atoms with E-state index in [9.17, 15) is 14.7 Å². The van der Waals surface area contributed by atoms with Crippen LogP contribution in [0, 0.1) is 0 Å². The number of carboxylic acids is 1. The predicted octanol–water partition coefficient (Wildman–Crippen LogP) is 4.80. The Hall–Kier alpha value is -3.90. The first-order valence-electron chi connectivity index (χ1n) is 11.4. The van der Waals surface area contributed by atoms with Crippen molar-refractivity contribution in [2.24, 2.45) is 0 Å². The number of carboxylic acid groups (broad SMARTS) is 1. The highest BCUT2D eigenvalue weighted by atomic mass is 16.5. The number of rotatable bonds is 10. The van der Waals surface area contributed by atoms with E-state index in [1.165, 1.54) is 17.3 Å². The minimum absolute atomic E-state index is 0.222. The molecule has 0 spiro atoms. The van der Waals surface area contributed by atoms with E-state index in [1.54, 1.807) is 16.7 Å². The lowest BCUT2D eigenvalue weighted by Crippen LogP contribution is -2.27. The molecule has 6 nitrogen and oxygen atoms in total. The van der Waals surface area contributed by atoms with E-state index in [-0.39, 0.29) is 5.56 Å². The summed E-state index contributed by atoms with van der Waals surface area (Å²) in [7, 11) is 0. The largest absolute Gasteiger partial charge is 0.492 e. The summed E-state index contributed by atoms with van der Waals surface area (Å²) >= 11 is 0. The van der Waals surface area contributed by atoms with Gasteiger partial charge in [0, 0.05) is 43.8 Å². The van der Waals surface area contributed by atoms with E-state index in [0.717, 1.165) is 19.6 Å². The topological polar surface area (TPSA) is 71.8 Å². The molecule has 0 bridgehead atoms. The van der Waals surface area contributed by atoms with Gasteiger partial charge in [0.1, 0.15) is 17.9 Å². The number of aryl methyl sites for hydroxylation is 1. The van der Waals surface area contributed by atoms with Crippen molar-refractivity contribution >= 4 is 16.9 Å². The van der Waals surface area contributed by atoms with Crippen molar-refractivity contribution < 1.29 is 14.6 Å². The van der Waals surface area contributed by atoms with Crippen molar-refractivity contribution in [3.8, 4) is 5.75 Å². The number of fused-ring (bicyclic) bond motifs is 1. The highest BCUT2D eigenvalue weighted by Gasteiger charge is 2.15. The fraction of sp³-hybridized carbons (Fsp3) is 0.214. The average Bonchev–Trinajstić information content (AvgIpc) is 2.85. The third-order valence-electron chi connectivity index (χ3n) is 5.80. The van der Waals surface area contributed by atoms with E-state index in [2.05, 4.69) is 29.2 Å². The summed E-state index contributed by atoms with van der Waals surface area (Å²) in [6.45, 7) is 5.28. The fourth-order valence-corrected chi connectivity index (χ4v) is 4.06. The van der Waals surface area contributed by atoms with Crippen molar-refractivity contribution in [1.29, 1.82) is 0 Å². The summed E-state index contributed by atoms with van der Waals surface area (Å²) in [6.07, 6.45) is 1.40. The Morgan fingerprint density at radius 3 is 2.12 bits per heavy atom. The second-order valence-corrected chi connectivity index (χ2v) is 8.17. The predicted molar refractivity (Wildman–Crippen MR) is 133 cm³/mol. The molecule has 6 heteroatoms. The number of hydrogen-bond acceptors (Lipinski definition) is 4. The van der Waals surface area contributed by atoms with Crippen molar-refractivity contribution in [2.75, 3.05) is 13.2 Å². The number of nitrogens with zero attached hydrogens (tertiary/aromatic N) is 2. The Balaban J connectivity index is 1.50. The molecule has 0 amide bonds. The van der Waals surface area contributed by atoms with Crippen LogP contribution in [0.1, 0.15) is 28.4 Å². The smallest absolute Gasteiger partial charge is 0.341 e. The summed E-state index contributed by atoms with van der Waals surface area (Å²) < 4.78 is 7.83. The van der Waals surface area contributed by atoms with Crippen LogP contribution in [0.2, 0.25) is 0 Å². The number of aromatic carboxylic acids is 1. The van der Waals surface area contributed by atoms with Gasteiger partial charge in [-0.1, -0.05) is 60.7 Å². The number of aromatic nitrogens is 1. The zero-order chi connectivity index (χ0) is 23.9. The van der Waals surface area contributed by atoms with Crippen LogP contribution >= 0.6 is 0 Å². The number of benzene rings is 3. The van der Waals surface area contributed by atoms with Crippen molar-refractivity contribution in [1.82, 2.24) is 9.47 Å². The fourth-order valence-electron chi connectivity index (χ4n) is 4.06. The van der Waals surface area contributed by atoms with Crippen LogP contribution in [0.3, 0.4) is 0 Å². The molecule has 0 aliphatic rings. The van der Waals surface area contributed by atoms with Crippen LogP contribution in [-0.2, 0) is 19.6 Å². The Morgan fingerprint density at radius 1 is 0.941 bits per heavy atom. The molecule has 0 fully saturated rings. The number of carbonyl (C=O) groups is 1. The molecule has 34 heavy (non-hydrogen) atoms. The van der Waals surface area contributed by atoms with E-state index in [0.29, 0.717) is 29.8 Å². The lowest BCUT2D eigenvalue weighted by Gasteiger charge is -2.23. The molecule has 1 aromatic heterocycles. The molecular formula is C28H28N2O4. The quantitative estimate of drug-likeness (QED) is 0.371. The molecule has 4 aromatic rings.